The lowest BCUT2D eigenvalue weighted by Crippen LogP contribution is -2.42. The van der Waals surface area contributed by atoms with Gasteiger partial charge in [-0.25, -0.2) is 4.39 Å². The summed E-state index contributed by atoms with van der Waals surface area (Å²) in [4.78, 5) is 14.0. The fraction of sp³-hybridized carbons (Fsp3) is 0.500. The minimum Gasteiger partial charge on any atom is -0.354 e. The number of hydrogen-bond acceptors (Lipinski definition) is 2. The number of likely N-dealkylation sites (tertiary alicyclic amines) is 1. The van der Waals surface area contributed by atoms with Crippen molar-refractivity contribution in [2.24, 2.45) is 0 Å². The Morgan fingerprint density at radius 3 is 2.94 bits per heavy atom. The number of amides is 1. The second kappa shape index (κ2) is 5.96. The maximum atomic E-state index is 13.4. The molecule has 0 aliphatic carbocycles. The van der Waals surface area contributed by atoms with Crippen molar-refractivity contribution >= 4 is 5.91 Å². The number of hydrogen-bond donors (Lipinski definition) is 1. The lowest BCUT2D eigenvalue weighted by Gasteiger charge is -2.18. The topological polar surface area (TPSA) is 32.3 Å². The Balaban J connectivity index is 1.79. The number of nitrogens with zero attached hydrogens (tertiary/aromatic N) is 1. The molecule has 98 valence electrons. The van der Waals surface area contributed by atoms with E-state index in [0.29, 0.717) is 18.5 Å². The van der Waals surface area contributed by atoms with Crippen LogP contribution in [0.3, 0.4) is 0 Å². The third kappa shape index (κ3) is 3.07. The van der Waals surface area contributed by atoms with E-state index in [4.69, 9.17) is 0 Å². The van der Waals surface area contributed by atoms with Crippen molar-refractivity contribution in [3.63, 3.8) is 0 Å². The molecule has 1 aliphatic heterocycles. The van der Waals surface area contributed by atoms with E-state index in [1.165, 1.54) is 6.07 Å². The van der Waals surface area contributed by atoms with Crippen LogP contribution in [0.25, 0.3) is 0 Å². The van der Waals surface area contributed by atoms with Gasteiger partial charge in [0, 0.05) is 6.54 Å². The minimum absolute atomic E-state index is 0.00868. The number of benzene rings is 1. The molecule has 1 heterocycles. The SMILES string of the molecule is CN1CCCC1C(=O)NCCc1ccccc1F. The zero-order chi connectivity index (χ0) is 13.0. The third-order valence-electron chi connectivity index (χ3n) is 3.47. The first-order valence-corrected chi connectivity index (χ1v) is 6.40. The van der Waals surface area contributed by atoms with Crippen LogP contribution in [0.1, 0.15) is 18.4 Å². The second-order valence-electron chi connectivity index (χ2n) is 4.77. The first-order chi connectivity index (χ1) is 8.68. The molecule has 0 saturated carbocycles. The fourth-order valence-electron chi connectivity index (χ4n) is 2.38. The molecule has 2 rings (SSSR count). The van der Waals surface area contributed by atoms with Crippen molar-refractivity contribution in [3.8, 4) is 0 Å². The lowest BCUT2D eigenvalue weighted by atomic mass is 10.1. The summed E-state index contributed by atoms with van der Waals surface area (Å²) in [5, 5.41) is 2.88. The molecule has 0 aromatic heterocycles. The standard InChI is InChI=1S/C14H19FN2O/c1-17-10-4-7-13(17)14(18)16-9-8-11-5-2-3-6-12(11)15/h2-3,5-6,13H,4,7-10H2,1H3,(H,16,18). The van der Waals surface area contributed by atoms with E-state index in [9.17, 15) is 9.18 Å². The summed E-state index contributed by atoms with van der Waals surface area (Å²) in [6, 6.07) is 6.67. The lowest BCUT2D eigenvalue weighted by molar-refractivity contribution is -0.125. The van der Waals surface area contributed by atoms with Crippen LogP contribution in [0.4, 0.5) is 4.39 Å². The highest BCUT2D eigenvalue weighted by Gasteiger charge is 2.27. The van der Waals surface area contributed by atoms with E-state index < -0.39 is 0 Å². The summed E-state index contributed by atoms with van der Waals surface area (Å²) >= 11 is 0. The zero-order valence-corrected chi connectivity index (χ0v) is 10.7. The molecule has 1 atom stereocenters. The molecule has 3 nitrogen and oxygen atoms in total. The van der Waals surface area contributed by atoms with Gasteiger partial charge in [-0.05, 0) is 44.5 Å². The van der Waals surface area contributed by atoms with E-state index in [1.54, 1.807) is 12.1 Å². The molecular weight excluding hydrogens is 231 g/mol. The zero-order valence-electron chi connectivity index (χ0n) is 10.7. The fourth-order valence-corrected chi connectivity index (χ4v) is 2.38. The third-order valence-corrected chi connectivity index (χ3v) is 3.47. The molecule has 1 N–H and O–H groups in total. The van der Waals surface area contributed by atoms with E-state index in [-0.39, 0.29) is 17.8 Å². The molecule has 1 fully saturated rings. The number of halogens is 1. The number of carbonyl (C=O) groups excluding carboxylic acids is 1. The Morgan fingerprint density at radius 2 is 2.28 bits per heavy atom. The van der Waals surface area contributed by atoms with Crippen LogP contribution in [-0.2, 0) is 11.2 Å². The summed E-state index contributed by atoms with van der Waals surface area (Å²) in [5.41, 5.74) is 0.651. The molecule has 1 aromatic rings. The highest BCUT2D eigenvalue weighted by Crippen LogP contribution is 2.14. The normalized spacial score (nSPS) is 20.0. The van der Waals surface area contributed by atoms with Gasteiger partial charge in [0.25, 0.3) is 0 Å². The van der Waals surface area contributed by atoms with Gasteiger partial charge in [-0.15, -0.1) is 0 Å². The van der Waals surface area contributed by atoms with Crippen molar-refractivity contribution in [1.29, 1.82) is 0 Å². The molecule has 0 radical (unpaired) electrons. The largest absolute Gasteiger partial charge is 0.354 e. The quantitative estimate of drug-likeness (QED) is 0.880. The maximum Gasteiger partial charge on any atom is 0.237 e. The van der Waals surface area contributed by atoms with E-state index in [2.05, 4.69) is 10.2 Å². The van der Waals surface area contributed by atoms with E-state index >= 15 is 0 Å². The Kier molecular flexibility index (Phi) is 4.31. The number of carbonyl (C=O) groups is 1. The maximum absolute atomic E-state index is 13.4. The molecule has 4 heteroatoms. The van der Waals surface area contributed by atoms with E-state index in [0.717, 1.165) is 19.4 Å². The minimum atomic E-state index is -0.204. The van der Waals surface area contributed by atoms with Gasteiger partial charge in [-0.2, -0.15) is 0 Å². The van der Waals surface area contributed by atoms with Crippen LogP contribution >= 0.6 is 0 Å². The van der Waals surface area contributed by atoms with Crippen LogP contribution in [0.5, 0.6) is 0 Å². The summed E-state index contributed by atoms with van der Waals surface area (Å²) in [6.07, 6.45) is 2.53. The van der Waals surface area contributed by atoms with Crippen LogP contribution in [0.15, 0.2) is 24.3 Å². The molecule has 1 aromatic carbocycles. The summed E-state index contributed by atoms with van der Waals surface area (Å²) < 4.78 is 13.4. The van der Waals surface area contributed by atoms with Gasteiger partial charge in [-0.1, -0.05) is 18.2 Å². The first-order valence-electron chi connectivity index (χ1n) is 6.40. The predicted molar refractivity (Wildman–Crippen MR) is 68.8 cm³/mol. The molecular formula is C14H19FN2O. The Labute approximate surface area is 107 Å². The highest BCUT2D eigenvalue weighted by molar-refractivity contribution is 5.81. The molecule has 0 spiro atoms. The highest BCUT2D eigenvalue weighted by atomic mass is 19.1. The van der Waals surface area contributed by atoms with Crippen molar-refractivity contribution in [2.45, 2.75) is 25.3 Å². The van der Waals surface area contributed by atoms with Gasteiger partial charge in [0.1, 0.15) is 5.82 Å². The molecule has 1 amide bonds. The smallest absolute Gasteiger partial charge is 0.237 e. The van der Waals surface area contributed by atoms with Crippen LogP contribution in [0, 0.1) is 5.82 Å². The second-order valence-corrected chi connectivity index (χ2v) is 4.77. The van der Waals surface area contributed by atoms with Gasteiger partial charge in [0.2, 0.25) is 5.91 Å². The van der Waals surface area contributed by atoms with Crippen LogP contribution in [-0.4, -0.2) is 37.0 Å². The predicted octanol–water partition coefficient (Wildman–Crippen LogP) is 1.58. The number of likely N-dealkylation sites (N-methyl/N-ethyl adjacent to an activating group) is 1. The summed E-state index contributed by atoms with van der Waals surface area (Å²) in [6.45, 7) is 1.47. The van der Waals surface area contributed by atoms with Crippen molar-refractivity contribution in [3.05, 3.63) is 35.6 Å². The van der Waals surface area contributed by atoms with Crippen molar-refractivity contribution in [2.75, 3.05) is 20.1 Å². The first kappa shape index (κ1) is 13.0. The van der Waals surface area contributed by atoms with Crippen molar-refractivity contribution < 1.29 is 9.18 Å². The van der Waals surface area contributed by atoms with Gasteiger partial charge in [-0.3, -0.25) is 9.69 Å². The van der Waals surface area contributed by atoms with Crippen molar-refractivity contribution in [1.82, 2.24) is 10.2 Å². The summed E-state index contributed by atoms with van der Waals surface area (Å²) in [7, 11) is 1.97. The average Bonchev–Trinajstić information content (AvgIpc) is 2.78. The van der Waals surface area contributed by atoms with Crippen LogP contribution < -0.4 is 5.32 Å². The van der Waals surface area contributed by atoms with Gasteiger partial charge in [0.15, 0.2) is 0 Å². The molecule has 0 bridgehead atoms. The molecule has 1 unspecified atom stereocenters. The Bertz CT molecular complexity index is 422. The summed E-state index contributed by atoms with van der Waals surface area (Å²) in [5.74, 6) is -0.143. The number of nitrogens with one attached hydrogen (secondary N) is 1. The van der Waals surface area contributed by atoms with Crippen LogP contribution in [0.2, 0.25) is 0 Å². The van der Waals surface area contributed by atoms with E-state index in [1.807, 2.05) is 13.1 Å². The van der Waals surface area contributed by atoms with Gasteiger partial charge < -0.3 is 5.32 Å². The average molecular weight is 250 g/mol. The molecule has 1 saturated heterocycles. The van der Waals surface area contributed by atoms with Gasteiger partial charge >= 0.3 is 0 Å². The molecule has 18 heavy (non-hydrogen) atoms. The number of rotatable bonds is 4. The Morgan fingerprint density at radius 1 is 1.50 bits per heavy atom. The molecule has 1 aliphatic rings. The Hall–Kier alpha value is -1.42. The van der Waals surface area contributed by atoms with Gasteiger partial charge in [0.05, 0.1) is 6.04 Å². The monoisotopic (exact) mass is 250 g/mol.